The fourth-order valence-corrected chi connectivity index (χ4v) is 3.81. The summed E-state index contributed by atoms with van der Waals surface area (Å²) in [6, 6.07) is 5.56. The molecule has 1 aromatic rings. The minimum absolute atomic E-state index is 0.0128. The zero-order valence-corrected chi connectivity index (χ0v) is 14.5. The van der Waals surface area contributed by atoms with Gasteiger partial charge in [0, 0.05) is 36.8 Å². The van der Waals surface area contributed by atoms with Crippen molar-refractivity contribution < 1.29 is 9.59 Å². The quantitative estimate of drug-likeness (QED) is 0.833. The van der Waals surface area contributed by atoms with Crippen LogP contribution >= 0.6 is 11.6 Å². The van der Waals surface area contributed by atoms with E-state index in [2.05, 4.69) is 6.92 Å². The summed E-state index contributed by atoms with van der Waals surface area (Å²) in [6.45, 7) is 6.20. The van der Waals surface area contributed by atoms with Gasteiger partial charge in [-0.25, -0.2) is 0 Å². The highest BCUT2D eigenvalue weighted by molar-refractivity contribution is 6.31. The molecule has 5 heteroatoms. The van der Waals surface area contributed by atoms with Crippen LogP contribution in [0.5, 0.6) is 0 Å². The summed E-state index contributed by atoms with van der Waals surface area (Å²) in [5, 5.41) is 0.648. The molecule has 0 radical (unpaired) electrons. The highest BCUT2D eigenvalue weighted by Crippen LogP contribution is 2.32. The molecule has 0 bridgehead atoms. The molecule has 124 valence electrons. The molecule has 3 rings (SSSR count). The van der Waals surface area contributed by atoms with E-state index >= 15 is 0 Å². The second-order valence-corrected chi connectivity index (χ2v) is 7.23. The van der Waals surface area contributed by atoms with Crippen molar-refractivity contribution in [2.45, 2.75) is 33.1 Å². The SMILES string of the molecule is Cc1c(Cl)cccc1N1CC(C(=O)N2CCCC(C)C2)CC1=O. The standard InChI is InChI=1S/C18H23ClN2O2/c1-12-5-4-8-20(10-12)18(23)14-9-17(22)21(11-14)16-7-3-6-15(19)13(16)2/h3,6-7,12,14H,4-5,8-11H2,1-2H3. The Morgan fingerprint density at radius 1 is 1.30 bits per heavy atom. The molecule has 0 aliphatic carbocycles. The third kappa shape index (κ3) is 3.23. The van der Waals surface area contributed by atoms with Gasteiger partial charge in [0.2, 0.25) is 11.8 Å². The summed E-state index contributed by atoms with van der Waals surface area (Å²) in [4.78, 5) is 28.8. The molecule has 4 nitrogen and oxygen atoms in total. The van der Waals surface area contributed by atoms with Crippen molar-refractivity contribution in [2.75, 3.05) is 24.5 Å². The van der Waals surface area contributed by atoms with E-state index in [0.29, 0.717) is 23.9 Å². The largest absolute Gasteiger partial charge is 0.342 e. The van der Waals surface area contributed by atoms with Crippen molar-refractivity contribution >= 4 is 29.1 Å². The van der Waals surface area contributed by atoms with Gasteiger partial charge in [0.1, 0.15) is 0 Å². The number of nitrogens with zero attached hydrogens (tertiary/aromatic N) is 2. The minimum atomic E-state index is -0.230. The lowest BCUT2D eigenvalue weighted by molar-refractivity contribution is -0.137. The first-order valence-corrected chi connectivity index (χ1v) is 8.69. The Balaban J connectivity index is 1.74. The van der Waals surface area contributed by atoms with Gasteiger partial charge in [0.05, 0.1) is 5.92 Å². The fourth-order valence-electron chi connectivity index (χ4n) is 3.64. The van der Waals surface area contributed by atoms with Crippen molar-refractivity contribution in [1.29, 1.82) is 0 Å². The monoisotopic (exact) mass is 334 g/mol. The molecule has 2 amide bonds. The van der Waals surface area contributed by atoms with Crippen molar-refractivity contribution in [2.24, 2.45) is 11.8 Å². The molecule has 2 saturated heterocycles. The molecule has 1 aromatic carbocycles. The van der Waals surface area contributed by atoms with Gasteiger partial charge in [-0.1, -0.05) is 24.6 Å². The zero-order chi connectivity index (χ0) is 16.6. The van der Waals surface area contributed by atoms with Crippen LogP contribution in [0.15, 0.2) is 18.2 Å². The fraction of sp³-hybridized carbons (Fsp3) is 0.556. The van der Waals surface area contributed by atoms with Gasteiger partial charge in [-0.15, -0.1) is 0 Å². The molecule has 2 aliphatic heterocycles. The van der Waals surface area contributed by atoms with Crippen LogP contribution in [0, 0.1) is 18.8 Å². The van der Waals surface area contributed by atoms with Gasteiger partial charge in [0.25, 0.3) is 0 Å². The smallest absolute Gasteiger partial charge is 0.228 e. The molecule has 2 atom stereocenters. The van der Waals surface area contributed by atoms with Crippen LogP contribution < -0.4 is 4.90 Å². The minimum Gasteiger partial charge on any atom is -0.342 e. The maximum Gasteiger partial charge on any atom is 0.228 e. The molecule has 2 aliphatic rings. The number of rotatable bonds is 2. The Hall–Kier alpha value is -1.55. The Labute approximate surface area is 142 Å². The van der Waals surface area contributed by atoms with Gasteiger partial charge in [-0.3, -0.25) is 9.59 Å². The second kappa shape index (κ2) is 6.52. The number of piperidine rings is 1. The van der Waals surface area contributed by atoms with Gasteiger partial charge in [0.15, 0.2) is 0 Å². The number of hydrogen-bond acceptors (Lipinski definition) is 2. The Bertz CT molecular complexity index is 631. The number of carbonyl (C=O) groups is 2. The highest BCUT2D eigenvalue weighted by atomic mass is 35.5. The Kier molecular flexibility index (Phi) is 4.62. The molecule has 2 heterocycles. The third-order valence-corrected chi connectivity index (χ3v) is 5.38. The normalized spacial score (nSPS) is 25.1. The van der Waals surface area contributed by atoms with E-state index in [0.717, 1.165) is 30.8 Å². The summed E-state index contributed by atoms with van der Waals surface area (Å²) in [5.41, 5.74) is 1.71. The zero-order valence-electron chi connectivity index (χ0n) is 13.7. The number of halogens is 1. The van der Waals surface area contributed by atoms with E-state index in [1.165, 1.54) is 6.42 Å². The van der Waals surface area contributed by atoms with Gasteiger partial charge in [-0.05, 0) is 43.4 Å². The van der Waals surface area contributed by atoms with Crippen molar-refractivity contribution in [3.63, 3.8) is 0 Å². The number of carbonyl (C=O) groups excluding carboxylic acids is 2. The van der Waals surface area contributed by atoms with Crippen LogP contribution in [-0.4, -0.2) is 36.3 Å². The first-order valence-electron chi connectivity index (χ1n) is 8.31. The Morgan fingerprint density at radius 3 is 2.83 bits per heavy atom. The predicted octanol–water partition coefficient (Wildman–Crippen LogP) is 3.26. The molecule has 2 unspecified atom stereocenters. The maximum absolute atomic E-state index is 12.7. The molecule has 0 saturated carbocycles. The molecule has 2 fully saturated rings. The average molecular weight is 335 g/mol. The summed E-state index contributed by atoms with van der Waals surface area (Å²) in [5.74, 6) is 0.466. The van der Waals surface area contributed by atoms with Gasteiger partial charge in [-0.2, -0.15) is 0 Å². The van der Waals surface area contributed by atoms with Crippen LogP contribution in [0.2, 0.25) is 5.02 Å². The predicted molar refractivity (Wildman–Crippen MR) is 91.6 cm³/mol. The third-order valence-electron chi connectivity index (χ3n) is 4.97. The topological polar surface area (TPSA) is 40.6 Å². The molecule has 0 aromatic heterocycles. The number of anilines is 1. The van der Waals surface area contributed by atoms with Crippen LogP contribution in [0.4, 0.5) is 5.69 Å². The summed E-state index contributed by atoms with van der Waals surface area (Å²) < 4.78 is 0. The van der Waals surface area contributed by atoms with Crippen molar-refractivity contribution in [1.82, 2.24) is 4.90 Å². The van der Waals surface area contributed by atoms with Gasteiger partial charge >= 0.3 is 0 Å². The first-order chi connectivity index (χ1) is 11.0. The summed E-state index contributed by atoms with van der Waals surface area (Å²) >= 11 is 6.16. The van der Waals surface area contributed by atoms with E-state index in [1.807, 2.05) is 30.0 Å². The average Bonchev–Trinajstić information content (AvgIpc) is 2.91. The van der Waals surface area contributed by atoms with E-state index < -0.39 is 0 Å². The van der Waals surface area contributed by atoms with Crippen LogP contribution in [0.3, 0.4) is 0 Å². The number of likely N-dealkylation sites (tertiary alicyclic amines) is 1. The molecule has 0 spiro atoms. The van der Waals surface area contributed by atoms with E-state index in [-0.39, 0.29) is 17.7 Å². The summed E-state index contributed by atoms with van der Waals surface area (Å²) in [7, 11) is 0. The van der Waals surface area contributed by atoms with E-state index in [1.54, 1.807) is 4.90 Å². The lowest BCUT2D eigenvalue weighted by atomic mass is 9.98. The molecule has 0 N–H and O–H groups in total. The van der Waals surface area contributed by atoms with Crippen LogP contribution in [-0.2, 0) is 9.59 Å². The van der Waals surface area contributed by atoms with E-state index in [4.69, 9.17) is 11.6 Å². The van der Waals surface area contributed by atoms with Crippen molar-refractivity contribution in [3.8, 4) is 0 Å². The number of hydrogen-bond donors (Lipinski definition) is 0. The molecular weight excluding hydrogens is 312 g/mol. The second-order valence-electron chi connectivity index (χ2n) is 6.82. The highest BCUT2D eigenvalue weighted by Gasteiger charge is 2.38. The lowest BCUT2D eigenvalue weighted by Gasteiger charge is -2.32. The van der Waals surface area contributed by atoms with Gasteiger partial charge < -0.3 is 9.80 Å². The van der Waals surface area contributed by atoms with Crippen molar-refractivity contribution in [3.05, 3.63) is 28.8 Å². The van der Waals surface area contributed by atoms with Crippen LogP contribution in [0.1, 0.15) is 31.7 Å². The number of benzene rings is 1. The lowest BCUT2D eigenvalue weighted by Crippen LogP contribution is -2.43. The Morgan fingerprint density at radius 2 is 2.09 bits per heavy atom. The first kappa shape index (κ1) is 16.3. The number of amides is 2. The molecular formula is C18H23ClN2O2. The summed E-state index contributed by atoms with van der Waals surface area (Å²) in [6.07, 6.45) is 2.54. The van der Waals surface area contributed by atoms with Crippen LogP contribution in [0.25, 0.3) is 0 Å². The molecule has 23 heavy (non-hydrogen) atoms. The maximum atomic E-state index is 12.7. The van der Waals surface area contributed by atoms with E-state index in [9.17, 15) is 9.59 Å².